The molecule has 1 N–H and O–H groups in total. The minimum atomic E-state index is 0.490. The van der Waals surface area contributed by atoms with Gasteiger partial charge in [-0.2, -0.15) is 0 Å². The molecule has 0 radical (unpaired) electrons. The zero-order valence-corrected chi connectivity index (χ0v) is 9.24. The normalized spacial score (nSPS) is 31.6. The van der Waals surface area contributed by atoms with E-state index in [-0.39, 0.29) is 0 Å². The van der Waals surface area contributed by atoms with Gasteiger partial charge in [-0.05, 0) is 35.2 Å². The summed E-state index contributed by atoms with van der Waals surface area (Å²) < 4.78 is 0. The number of fused-ring (bicyclic) bond motifs is 2. The van der Waals surface area contributed by atoms with Crippen LogP contribution in [0.1, 0.15) is 12.0 Å². The first-order chi connectivity index (χ1) is 7.88. The Balaban J connectivity index is 1.87. The van der Waals surface area contributed by atoms with Crippen LogP contribution in [0.2, 0.25) is 0 Å². The number of rotatable bonds is 1. The summed E-state index contributed by atoms with van der Waals surface area (Å²) in [7, 11) is 0. The molecule has 1 saturated carbocycles. The zero-order valence-electron chi connectivity index (χ0n) is 9.24. The van der Waals surface area contributed by atoms with Crippen molar-refractivity contribution in [3.05, 3.63) is 48.0 Å². The van der Waals surface area contributed by atoms with E-state index in [2.05, 4.69) is 47.8 Å². The van der Waals surface area contributed by atoms with Gasteiger partial charge in [0.1, 0.15) is 0 Å². The van der Waals surface area contributed by atoms with Crippen molar-refractivity contribution in [3.8, 4) is 0 Å². The third-order valence-electron chi connectivity index (χ3n) is 4.39. The Morgan fingerprint density at radius 1 is 1.06 bits per heavy atom. The maximum Gasteiger partial charge on any atom is 0.0122 e. The first-order valence-corrected chi connectivity index (χ1v) is 6.08. The lowest BCUT2D eigenvalue weighted by molar-refractivity contribution is 0.676. The topological polar surface area (TPSA) is 12.0 Å². The van der Waals surface area contributed by atoms with Crippen molar-refractivity contribution < 1.29 is 0 Å². The Morgan fingerprint density at radius 3 is 2.69 bits per heavy atom. The molecular formula is C15H15N. The molecule has 1 heterocycles. The Kier molecular flexibility index (Phi) is 1.57. The Morgan fingerprint density at radius 2 is 1.94 bits per heavy atom. The first kappa shape index (κ1) is 8.77. The number of hydrogen-bond acceptors (Lipinski definition) is 1. The van der Waals surface area contributed by atoms with E-state index in [1.165, 1.54) is 30.3 Å². The summed E-state index contributed by atoms with van der Waals surface area (Å²) in [6, 6.07) is 15.6. The van der Waals surface area contributed by atoms with Gasteiger partial charge in [-0.1, -0.05) is 42.5 Å². The van der Waals surface area contributed by atoms with Crippen molar-refractivity contribution in [3.63, 3.8) is 0 Å². The highest BCUT2D eigenvalue weighted by atomic mass is 15.0. The number of nitrogens with one attached hydrogen (secondary N) is 1. The average Bonchev–Trinajstić information content (AvgIpc) is 2.92. The summed E-state index contributed by atoms with van der Waals surface area (Å²) in [5, 5.41) is 6.24. The molecule has 80 valence electrons. The molecule has 16 heavy (non-hydrogen) atoms. The summed E-state index contributed by atoms with van der Waals surface area (Å²) >= 11 is 0. The van der Waals surface area contributed by atoms with E-state index in [4.69, 9.17) is 0 Å². The van der Waals surface area contributed by atoms with E-state index < -0.39 is 0 Å². The van der Waals surface area contributed by atoms with Gasteiger partial charge in [0.25, 0.3) is 0 Å². The van der Waals surface area contributed by atoms with Crippen molar-refractivity contribution >= 4 is 10.8 Å². The summed E-state index contributed by atoms with van der Waals surface area (Å²) in [5.74, 6) is 0.897. The van der Waals surface area contributed by atoms with Crippen LogP contribution in [-0.2, 0) is 5.41 Å². The highest BCUT2D eigenvalue weighted by Crippen LogP contribution is 2.56. The van der Waals surface area contributed by atoms with E-state index in [9.17, 15) is 0 Å². The second-order valence-electron chi connectivity index (χ2n) is 5.25. The zero-order chi connectivity index (χ0) is 10.6. The minimum absolute atomic E-state index is 0.490. The van der Waals surface area contributed by atoms with Crippen LogP contribution < -0.4 is 5.32 Å². The Hall–Kier alpha value is -1.34. The molecule has 1 heteroatoms. The lowest BCUT2D eigenvalue weighted by atomic mass is 9.93. The quantitative estimate of drug-likeness (QED) is 0.761. The lowest BCUT2D eigenvalue weighted by Crippen LogP contribution is -2.19. The third kappa shape index (κ3) is 1.04. The largest absolute Gasteiger partial charge is 0.316 e. The van der Waals surface area contributed by atoms with Crippen molar-refractivity contribution in [2.24, 2.45) is 5.92 Å². The fourth-order valence-corrected chi connectivity index (χ4v) is 3.29. The molecule has 2 atom stereocenters. The van der Waals surface area contributed by atoms with Gasteiger partial charge in [0, 0.05) is 12.0 Å². The monoisotopic (exact) mass is 209 g/mol. The predicted molar refractivity (Wildman–Crippen MR) is 66.6 cm³/mol. The van der Waals surface area contributed by atoms with Crippen LogP contribution in [0.4, 0.5) is 0 Å². The Bertz CT molecular complexity index is 560. The van der Waals surface area contributed by atoms with Crippen LogP contribution in [0, 0.1) is 5.92 Å². The van der Waals surface area contributed by atoms with Gasteiger partial charge in [0.05, 0.1) is 0 Å². The number of benzene rings is 2. The standard InChI is InChI=1S/C15H15N/c1-2-4-12-7-13(6-5-11(12)3-1)15-8-14(15)9-16-10-15/h1-7,14,16H,8-10H2/t14-,15?/m1/s1. The molecule has 2 aliphatic rings. The lowest BCUT2D eigenvalue weighted by Gasteiger charge is -2.13. The van der Waals surface area contributed by atoms with E-state index >= 15 is 0 Å². The molecule has 0 spiro atoms. The van der Waals surface area contributed by atoms with Crippen molar-refractivity contribution in [1.82, 2.24) is 5.32 Å². The van der Waals surface area contributed by atoms with Gasteiger partial charge >= 0.3 is 0 Å². The molecular weight excluding hydrogens is 194 g/mol. The van der Waals surface area contributed by atoms with Crippen LogP contribution in [0.3, 0.4) is 0 Å². The van der Waals surface area contributed by atoms with Crippen LogP contribution in [-0.4, -0.2) is 13.1 Å². The first-order valence-electron chi connectivity index (χ1n) is 6.08. The van der Waals surface area contributed by atoms with Gasteiger partial charge in [-0.3, -0.25) is 0 Å². The maximum absolute atomic E-state index is 3.51. The summed E-state index contributed by atoms with van der Waals surface area (Å²) in [6.45, 7) is 2.39. The highest BCUT2D eigenvalue weighted by molar-refractivity contribution is 5.83. The molecule has 1 nitrogen and oxygen atoms in total. The number of piperidine rings is 1. The van der Waals surface area contributed by atoms with Crippen LogP contribution >= 0.6 is 0 Å². The van der Waals surface area contributed by atoms with Crippen LogP contribution in [0.5, 0.6) is 0 Å². The highest BCUT2D eigenvalue weighted by Gasteiger charge is 2.57. The van der Waals surface area contributed by atoms with Crippen molar-refractivity contribution in [1.29, 1.82) is 0 Å². The summed E-state index contributed by atoms with van der Waals surface area (Å²) in [5.41, 5.74) is 2.03. The van der Waals surface area contributed by atoms with Crippen LogP contribution in [0.15, 0.2) is 42.5 Å². The van der Waals surface area contributed by atoms with E-state index in [0.29, 0.717) is 5.41 Å². The van der Waals surface area contributed by atoms with Gasteiger partial charge in [-0.15, -0.1) is 0 Å². The molecule has 2 aromatic carbocycles. The summed E-state index contributed by atoms with van der Waals surface area (Å²) in [6.07, 6.45) is 1.39. The Labute approximate surface area is 95.5 Å². The van der Waals surface area contributed by atoms with Crippen molar-refractivity contribution in [2.45, 2.75) is 11.8 Å². The van der Waals surface area contributed by atoms with Gasteiger partial charge in [-0.25, -0.2) is 0 Å². The molecule has 1 unspecified atom stereocenters. The predicted octanol–water partition coefficient (Wildman–Crippen LogP) is 2.70. The summed E-state index contributed by atoms with van der Waals surface area (Å²) in [4.78, 5) is 0. The number of hydrogen-bond donors (Lipinski definition) is 1. The fourth-order valence-electron chi connectivity index (χ4n) is 3.29. The van der Waals surface area contributed by atoms with E-state index in [0.717, 1.165) is 5.92 Å². The molecule has 4 rings (SSSR count). The maximum atomic E-state index is 3.51. The van der Waals surface area contributed by atoms with E-state index in [1.807, 2.05) is 0 Å². The molecule has 2 fully saturated rings. The fraction of sp³-hybridized carbons (Fsp3) is 0.333. The minimum Gasteiger partial charge on any atom is -0.316 e. The molecule has 0 amide bonds. The van der Waals surface area contributed by atoms with Gasteiger partial charge in [0.15, 0.2) is 0 Å². The second kappa shape index (κ2) is 2.86. The second-order valence-corrected chi connectivity index (χ2v) is 5.25. The van der Waals surface area contributed by atoms with Gasteiger partial charge < -0.3 is 5.32 Å². The van der Waals surface area contributed by atoms with E-state index in [1.54, 1.807) is 5.56 Å². The molecule has 0 bridgehead atoms. The molecule has 0 aromatic heterocycles. The molecule has 1 aliphatic heterocycles. The molecule has 1 aliphatic carbocycles. The molecule has 1 saturated heterocycles. The SMILES string of the molecule is c1ccc2cc(C34CNC[C@H]3C4)ccc2c1. The van der Waals surface area contributed by atoms with Crippen molar-refractivity contribution in [2.75, 3.05) is 13.1 Å². The molecule has 2 aromatic rings. The van der Waals surface area contributed by atoms with Crippen LogP contribution in [0.25, 0.3) is 10.8 Å². The van der Waals surface area contributed by atoms with Gasteiger partial charge in [0.2, 0.25) is 0 Å². The smallest absolute Gasteiger partial charge is 0.0122 e. The third-order valence-corrected chi connectivity index (χ3v) is 4.39. The average molecular weight is 209 g/mol.